The molecule has 118 valence electrons. The Kier molecular flexibility index (Phi) is 6.67. The van der Waals surface area contributed by atoms with Crippen LogP contribution in [-0.2, 0) is 9.53 Å². The monoisotopic (exact) mass is 320 g/mol. The van der Waals surface area contributed by atoms with E-state index in [9.17, 15) is 9.18 Å². The second kappa shape index (κ2) is 8.02. The van der Waals surface area contributed by atoms with Crippen molar-refractivity contribution in [1.82, 2.24) is 5.32 Å². The maximum Gasteiger partial charge on any atom is 0.243 e. The average Bonchev–Trinajstić information content (AvgIpc) is 2.49. The molecule has 2 N–H and O–H groups in total. The third-order valence-electron chi connectivity index (χ3n) is 2.97. The summed E-state index contributed by atoms with van der Waals surface area (Å²) in [5.41, 5.74) is 0.0417. The Bertz CT molecular complexity index is 495. The molecule has 21 heavy (non-hydrogen) atoms. The van der Waals surface area contributed by atoms with Crippen LogP contribution in [0.2, 0.25) is 0 Å². The predicted octanol–water partition coefficient (Wildman–Crippen LogP) is 1.19. The van der Waals surface area contributed by atoms with E-state index in [0.29, 0.717) is 18.9 Å². The number of rotatable bonds is 4. The second-order valence-electron chi connectivity index (χ2n) is 4.26. The van der Waals surface area contributed by atoms with Gasteiger partial charge < -0.3 is 24.8 Å². The van der Waals surface area contributed by atoms with Gasteiger partial charge in [0.15, 0.2) is 17.3 Å². The zero-order chi connectivity index (χ0) is 14.5. The van der Waals surface area contributed by atoms with Crippen molar-refractivity contribution in [3.8, 4) is 11.5 Å². The molecule has 0 saturated carbocycles. The van der Waals surface area contributed by atoms with Crippen LogP contribution in [0.5, 0.6) is 11.5 Å². The highest BCUT2D eigenvalue weighted by molar-refractivity contribution is 5.95. The van der Waals surface area contributed by atoms with Gasteiger partial charge in [0.1, 0.15) is 6.04 Å². The van der Waals surface area contributed by atoms with E-state index in [1.165, 1.54) is 26.4 Å². The first-order valence-electron chi connectivity index (χ1n) is 6.19. The lowest BCUT2D eigenvalue weighted by molar-refractivity contribution is -0.120. The highest BCUT2D eigenvalue weighted by Gasteiger charge is 2.22. The van der Waals surface area contributed by atoms with Gasteiger partial charge in [0.25, 0.3) is 0 Å². The summed E-state index contributed by atoms with van der Waals surface area (Å²) in [4.78, 5) is 12.0. The fourth-order valence-electron chi connectivity index (χ4n) is 1.90. The molecule has 0 aromatic heterocycles. The van der Waals surface area contributed by atoms with Gasteiger partial charge in [-0.05, 0) is 0 Å². The van der Waals surface area contributed by atoms with Crippen molar-refractivity contribution in [3.63, 3.8) is 0 Å². The number of hydrogen-bond donors (Lipinski definition) is 2. The van der Waals surface area contributed by atoms with Crippen LogP contribution < -0.4 is 20.1 Å². The molecular formula is C13H18ClFN2O4. The topological polar surface area (TPSA) is 68.8 Å². The largest absolute Gasteiger partial charge is 0.493 e. The van der Waals surface area contributed by atoms with Crippen molar-refractivity contribution in [1.29, 1.82) is 0 Å². The van der Waals surface area contributed by atoms with Gasteiger partial charge in [-0.1, -0.05) is 0 Å². The van der Waals surface area contributed by atoms with E-state index in [1.54, 1.807) is 0 Å². The fraction of sp³-hybridized carbons (Fsp3) is 0.462. The number of ether oxygens (including phenoxy) is 3. The smallest absolute Gasteiger partial charge is 0.243 e. The van der Waals surface area contributed by atoms with E-state index < -0.39 is 11.9 Å². The highest BCUT2D eigenvalue weighted by Crippen LogP contribution is 2.32. The Hall–Kier alpha value is -1.57. The number of nitrogens with one attached hydrogen (secondary N) is 2. The van der Waals surface area contributed by atoms with Gasteiger partial charge in [-0.2, -0.15) is 0 Å². The molecule has 1 heterocycles. The summed E-state index contributed by atoms with van der Waals surface area (Å²) in [5, 5.41) is 5.51. The van der Waals surface area contributed by atoms with Gasteiger partial charge >= 0.3 is 0 Å². The normalized spacial score (nSPS) is 17.6. The summed E-state index contributed by atoms with van der Waals surface area (Å²) in [5.74, 6) is -0.331. The molecule has 1 saturated heterocycles. The van der Waals surface area contributed by atoms with E-state index in [1.807, 2.05) is 0 Å². The first-order chi connectivity index (χ1) is 9.65. The summed E-state index contributed by atoms with van der Waals surface area (Å²) >= 11 is 0. The van der Waals surface area contributed by atoms with Crippen molar-refractivity contribution >= 4 is 24.0 Å². The van der Waals surface area contributed by atoms with Crippen molar-refractivity contribution in [3.05, 3.63) is 17.9 Å². The Morgan fingerprint density at radius 2 is 2.05 bits per heavy atom. The van der Waals surface area contributed by atoms with Gasteiger partial charge in [-0.25, -0.2) is 4.39 Å². The van der Waals surface area contributed by atoms with Crippen molar-refractivity contribution < 1.29 is 23.4 Å². The molecular weight excluding hydrogens is 303 g/mol. The van der Waals surface area contributed by atoms with Crippen LogP contribution in [0.3, 0.4) is 0 Å². The maximum atomic E-state index is 13.9. The molecule has 1 aliphatic heterocycles. The minimum Gasteiger partial charge on any atom is -0.493 e. The van der Waals surface area contributed by atoms with Crippen molar-refractivity contribution in [2.24, 2.45) is 0 Å². The van der Waals surface area contributed by atoms with Crippen LogP contribution in [0.1, 0.15) is 0 Å². The Morgan fingerprint density at radius 1 is 1.38 bits per heavy atom. The lowest BCUT2D eigenvalue weighted by Crippen LogP contribution is -2.48. The summed E-state index contributed by atoms with van der Waals surface area (Å²) in [6.07, 6.45) is 0. The number of carbonyl (C=O) groups is 1. The van der Waals surface area contributed by atoms with E-state index >= 15 is 0 Å². The van der Waals surface area contributed by atoms with Crippen molar-refractivity contribution in [2.75, 3.05) is 39.3 Å². The number of anilines is 1. The van der Waals surface area contributed by atoms with E-state index in [2.05, 4.69) is 10.6 Å². The number of carbonyl (C=O) groups excluding carboxylic acids is 1. The van der Waals surface area contributed by atoms with Gasteiger partial charge in [0.2, 0.25) is 5.91 Å². The van der Waals surface area contributed by atoms with Gasteiger partial charge in [0, 0.05) is 18.7 Å². The van der Waals surface area contributed by atoms with E-state index in [0.717, 1.165) is 0 Å². The molecule has 1 atom stereocenters. The third kappa shape index (κ3) is 4.20. The third-order valence-corrected chi connectivity index (χ3v) is 2.97. The Balaban J connectivity index is 0.00000220. The molecule has 1 aliphatic rings. The number of hydrogen-bond acceptors (Lipinski definition) is 5. The standard InChI is InChI=1S/C13H17FN2O4.ClH/c1-18-11-5-8(14)9(6-12(11)19-2)16-13(17)10-7-20-4-3-15-10;/h5-6,10,15H,3-4,7H2,1-2H3,(H,16,17);1H. The zero-order valence-electron chi connectivity index (χ0n) is 11.8. The number of halogens is 2. The lowest BCUT2D eigenvalue weighted by Gasteiger charge is -2.23. The molecule has 0 radical (unpaired) electrons. The molecule has 8 heteroatoms. The van der Waals surface area contributed by atoms with Crippen molar-refractivity contribution in [2.45, 2.75) is 6.04 Å². The first-order valence-corrected chi connectivity index (χ1v) is 6.19. The molecule has 1 aromatic carbocycles. The van der Waals surface area contributed by atoms with Crippen LogP contribution in [0.15, 0.2) is 12.1 Å². The SMILES string of the molecule is COc1cc(F)c(NC(=O)C2COCCN2)cc1OC.Cl. The molecule has 2 rings (SSSR count). The van der Waals surface area contributed by atoms with Crippen LogP contribution >= 0.6 is 12.4 Å². The quantitative estimate of drug-likeness (QED) is 0.872. The summed E-state index contributed by atoms with van der Waals surface area (Å²) in [7, 11) is 2.86. The van der Waals surface area contributed by atoms with E-state index in [4.69, 9.17) is 14.2 Å². The maximum absolute atomic E-state index is 13.9. The number of methoxy groups -OCH3 is 2. The molecule has 1 unspecified atom stereocenters. The summed E-state index contributed by atoms with van der Waals surface area (Å²) in [6, 6.07) is 2.06. The summed E-state index contributed by atoms with van der Waals surface area (Å²) < 4.78 is 29.1. The van der Waals surface area contributed by atoms with Gasteiger partial charge in [0.05, 0.1) is 33.1 Å². The number of benzene rings is 1. The van der Waals surface area contributed by atoms with Gasteiger partial charge in [-0.3, -0.25) is 4.79 Å². The fourth-order valence-corrected chi connectivity index (χ4v) is 1.90. The zero-order valence-corrected chi connectivity index (χ0v) is 12.6. The number of morpholine rings is 1. The summed E-state index contributed by atoms with van der Waals surface area (Å²) in [6.45, 7) is 1.42. The molecule has 1 amide bonds. The van der Waals surface area contributed by atoms with E-state index in [-0.39, 0.29) is 36.4 Å². The Morgan fingerprint density at radius 3 is 2.62 bits per heavy atom. The molecule has 1 fully saturated rings. The molecule has 1 aromatic rings. The molecule has 0 spiro atoms. The van der Waals surface area contributed by atoms with Crippen LogP contribution in [0.25, 0.3) is 0 Å². The van der Waals surface area contributed by atoms with Crippen LogP contribution in [0.4, 0.5) is 10.1 Å². The minimum absolute atomic E-state index is 0. The van der Waals surface area contributed by atoms with Crippen LogP contribution in [-0.4, -0.2) is 45.9 Å². The highest BCUT2D eigenvalue weighted by atomic mass is 35.5. The molecule has 6 nitrogen and oxygen atoms in total. The number of amides is 1. The van der Waals surface area contributed by atoms with Gasteiger partial charge in [-0.15, -0.1) is 12.4 Å². The average molecular weight is 321 g/mol. The molecule has 0 bridgehead atoms. The van der Waals surface area contributed by atoms with Crippen LogP contribution in [0, 0.1) is 5.82 Å². The second-order valence-corrected chi connectivity index (χ2v) is 4.26. The molecule has 0 aliphatic carbocycles. The lowest BCUT2D eigenvalue weighted by atomic mass is 10.2. The minimum atomic E-state index is -0.590. The predicted molar refractivity (Wildman–Crippen MR) is 78.0 cm³/mol. The first kappa shape index (κ1) is 17.5. The Labute approximate surface area is 128 Å².